The number of alkyl halides is 3. The molecule has 2 nitrogen and oxygen atoms in total. The predicted octanol–water partition coefficient (Wildman–Crippen LogP) is 1.56. The van der Waals surface area contributed by atoms with Crippen molar-refractivity contribution in [2.45, 2.75) is 32.2 Å². The molecule has 0 aliphatic carbocycles. The molecule has 0 amide bonds. The summed E-state index contributed by atoms with van der Waals surface area (Å²) in [7, 11) is 1.66. The Bertz CT molecular complexity index is 126. The summed E-state index contributed by atoms with van der Waals surface area (Å²) < 4.78 is 40.4. The van der Waals surface area contributed by atoms with Crippen LogP contribution >= 0.6 is 0 Å². The van der Waals surface area contributed by atoms with Crippen LogP contribution in [0, 0.1) is 0 Å². The summed E-state index contributed by atoms with van der Waals surface area (Å²) >= 11 is 0. The number of likely N-dealkylation sites (N-methyl/N-ethyl adjacent to an activating group) is 1. The topological polar surface area (TPSA) is 21.3 Å². The maximum Gasteiger partial charge on any atom is 0.414 e. The third kappa shape index (κ3) is 4.56. The monoisotopic (exact) mass is 185 g/mol. The first kappa shape index (κ1) is 11.7. The zero-order valence-electron chi connectivity index (χ0n) is 7.40. The summed E-state index contributed by atoms with van der Waals surface area (Å²) in [5.74, 6) is 0. The van der Waals surface area contributed by atoms with E-state index in [0.29, 0.717) is 6.54 Å². The minimum absolute atomic E-state index is 0.417. The average Bonchev–Trinajstić information content (AvgIpc) is 1.85. The molecule has 0 saturated heterocycles. The smallest absolute Gasteiger partial charge is 0.365 e. The molecule has 12 heavy (non-hydrogen) atoms. The Kier molecular flexibility index (Phi) is 4.55. The molecule has 2 unspecified atom stereocenters. The van der Waals surface area contributed by atoms with Gasteiger partial charge in [-0.2, -0.15) is 13.2 Å². The first-order valence-corrected chi connectivity index (χ1v) is 3.74. The third-order valence-corrected chi connectivity index (χ3v) is 1.39. The number of rotatable bonds is 4. The van der Waals surface area contributed by atoms with Gasteiger partial charge >= 0.3 is 6.18 Å². The molecule has 5 heteroatoms. The van der Waals surface area contributed by atoms with E-state index in [4.69, 9.17) is 0 Å². The number of ether oxygens (including phenoxy) is 1. The molecule has 0 aromatic carbocycles. The lowest BCUT2D eigenvalue weighted by Gasteiger charge is -2.20. The summed E-state index contributed by atoms with van der Waals surface area (Å²) in [6.07, 6.45) is -6.38. The van der Waals surface area contributed by atoms with E-state index in [1.807, 2.05) is 0 Å². The predicted molar refractivity (Wildman–Crippen MR) is 40.0 cm³/mol. The Hall–Kier alpha value is -0.290. The lowest BCUT2D eigenvalue weighted by Crippen LogP contribution is -2.35. The second-order valence-corrected chi connectivity index (χ2v) is 2.69. The highest BCUT2D eigenvalue weighted by molar-refractivity contribution is 4.64. The van der Waals surface area contributed by atoms with Crippen LogP contribution in [-0.4, -0.2) is 32.0 Å². The van der Waals surface area contributed by atoms with Gasteiger partial charge < -0.3 is 10.1 Å². The van der Waals surface area contributed by atoms with Crippen LogP contribution in [0.4, 0.5) is 13.2 Å². The van der Waals surface area contributed by atoms with Crippen LogP contribution in [0.3, 0.4) is 0 Å². The van der Waals surface area contributed by atoms with E-state index in [9.17, 15) is 13.2 Å². The molecule has 0 aliphatic heterocycles. The molecule has 0 bridgehead atoms. The van der Waals surface area contributed by atoms with Crippen LogP contribution in [0.5, 0.6) is 0 Å². The molecule has 0 heterocycles. The van der Waals surface area contributed by atoms with Crippen LogP contribution in [0.2, 0.25) is 0 Å². The van der Waals surface area contributed by atoms with Gasteiger partial charge in [0.05, 0.1) is 6.10 Å². The Morgan fingerprint density at radius 2 is 1.83 bits per heavy atom. The van der Waals surface area contributed by atoms with E-state index in [2.05, 4.69) is 10.1 Å². The van der Waals surface area contributed by atoms with Gasteiger partial charge in [-0.3, -0.25) is 0 Å². The van der Waals surface area contributed by atoms with Gasteiger partial charge in [0.25, 0.3) is 0 Å². The fraction of sp³-hybridized carbons (Fsp3) is 1.00. The molecule has 74 valence electrons. The molecule has 0 rings (SSSR count). The third-order valence-electron chi connectivity index (χ3n) is 1.39. The first-order valence-electron chi connectivity index (χ1n) is 3.74. The fourth-order valence-electron chi connectivity index (χ4n) is 0.761. The summed E-state index contributed by atoms with van der Waals surface area (Å²) in [5.41, 5.74) is 0. The summed E-state index contributed by atoms with van der Waals surface area (Å²) in [5, 5.41) is 2.73. The van der Waals surface area contributed by atoms with Gasteiger partial charge in [0.1, 0.15) is 0 Å². The van der Waals surface area contributed by atoms with Gasteiger partial charge in [-0.15, -0.1) is 0 Å². The Balaban J connectivity index is 3.76. The number of nitrogens with one attached hydrogen (secondary N) is 1. The van der Waals surface area contributed by atoms with Gasteiger partial charge in [-0.25, -0.2) is 0 Å². The van der Waals surface area contributed by atoms with Gasteiger partial charge in [-0.05, 0) is 20.9 Å². The van der Waals surface area contributed by atoms with Crippen molar-refractivity contribution in [1.29, 1.82) is 0 Å². The molecule has 0 aromatic rings. The van der Waals surface area contributed by atoms with Crippen LogP contribution < -0.4 is 5.32 Å². The van der Waals surface area contributed by atoms with Gasteiger partial charge in [0.2, 0.25) is 0 Å². The van der Waals surface area contributed by atoms with E-state index < -0.39 is 18.4 Å². The Morgan fingerprint density at radius 1 is 1.33 bits per heavy atom. The van der Waals surface area contributed by atoms with Gasteiger partial charge in [0, 0.05) is 6.54 Å². The molecular weight excluding hydrogens is 171 g/mol. The number of hydrogen-bond donors (Lipinski definition) is 1. The van der Waals surface area contributed by atoms with E-state index in [1.54, 1.807) is 14.0 Å². The molecule has 2 atom stereocenters. The fourth-order valence-corrected chi connectivity index (χ4v) is 0.761. The molecule has 0 radical (unpaired) electrons. The summed E-state index contributed by atoms with van der Waals surface area (Å²) in [6.45, 7) is 3.02. The van der Waals surface area contributed by atoms with Crippen molar-refractivity contribution >= 4 is 0 Å². The van der Waals surface area contributed by atoms with E-state index in [-0.39, 0.29) is 0 Å². The van der Waals surface area contributed by atoms with Crippen molar-refractivity contribution in [1.82, 2.24) is 5.32 Å². The SMILES string of the molecule is CNCC(C)OC(C)C(F)(F)F. The maximum atomic E-state index is 11.9. The molecule has 0 fully saturated rings. The van der Waals surface area contributed by atoms with E-state index in [1.165, 1.54) is 0 Å². The summed E-state index contributed by atoms with van der Waals surface area (Å²) in [6, 6.07) is 0. The highest BCUT2D eigenvalue weighted by Crippen LogP contribution is 2.23. The van der Waals surface area contributed by atoms with Crippen molar-refractivity contribution < 1.29 is 17.9 Å². The van der Waals surface area contributed by atoms with Gasteiger partial charge in [0.15, 0.2) is 6.10 Å². The molecule has 0 saturated carbocycles. The molecule has 1 N–H and O–H groups in total. The van der Waals surface area contributed by atoms with Crippen molar-refractivity contribution in [3.05, 3.63) is 0 Å². The van der Waals surface area contributed by atoms with Crippen molar-refractivity contribution in [2.24, 2.45) is 0 Å². The highest BCUT2D eigenvalue weighted by Gasteiger charge is 2.37. The minimum Gasteiger partial charge on any atom is -0.365 e. The lowest BCUT2D eigenvalue weighted by molar-refractivity contribution is -0.224. The van der Waals surface area contributed by atoms with E-state index in [0.717, 1.165) is 6.92 Å². The van der Waals surface area contributed by atoms with Crippen LogP contribution in [-0.2, 0) is 4.74 Å². The van der Waals surface area contributed by atoms with Crippen molar-refractivity contribution in [2.75, 3.05) is 13.6 Å². The highest BCUT2D eigenvalue weighted by atomic mass is 19.4. The van der Waals surface area contributed by atoms with Crippen molar-refractivity contribution in [3.8, 4) is 0 Å². The number of hydrogen-bond acceptors (Lipinski definition) is 2. The average molecular weight is 185 g/mol. The standard InChI is InChI=1S/C7H14F3NO/c1-5(4-11-3)12-6(2)7(8,9)10/h5-6,11H,4H2,1-3H3. The first-order chi connectivity index (χ1) is 5.38. The van der Waals surface area contributed by atoms with Crippen LogP contribution in [0.15, 0.2) is 0 Å². The lowest BCUT2D eigenvalue weighted by atomic mass is 10.3. The number of halogens is 3. The van der Waals surface area contributed by atoms with Crippen LogP contribution in [0.25, 0.3) is 0 Å². The van der Waals surface area contributed by atoms with Crippen LogP contribution in [0.1, 0.15) is 13.8 Å². The summed E-state index contributed by atoms with van der Waals surface area (Å²) in [4.78, 5) is 0. The minimum atomic E-state index is -4.26. The van der Waals surface area contributed by atoms with E-state index >= 15 is 0 Å². The zero-order chi connectivity index (χ0) is 9.78. The van der Waals surface area contributed by atoms with Gasteiger partial charge in [-0.1, -0.05) is 0 Å². The second kappa shape index (κ2) is 4.67. The normalized spacial score (nSPS) is 17.5. The molecule has 0 spiro atoms. The second-order valence-electron chi connectivity index (χ2n) is 2.69. The quantitative estimate of drug-likeness (QED) is 0.717. The largest absolute Gasteiger partial charge is 0.414 e. The molecule has 0 aliphatic rings. The Morgan fingerprint density at radius 3 is 2.17 bits per heavy atom. The maximum absolute atomic E-state index is 11.9. The van der Waals surface area contributed by atoms with Crippen molar-refractivity contribution in [3.63, 3.8) is 0 Å². The molecule has 0 aromatic heterocycles. The Labute approximate surface area is 70.1 Å². The molecular formula is C7H14F3NO. The zero-order valence-corrected chi connectivity index (χ0v) is 7.40.